The van der Waals surface area contributed by atoms with Gasteiger partial charge < -0.3 is 4.90 Å². The van der Waals surface area contributed by atoms with E-state index in [1.165, 1.54) is 12.8 Å². The predicted octanol–water partition coefficient (Wildman–Crippen LogP) is 3.48. The number of amides is 1. The molecular weight excluding hydrogens is 245 g/mol. The monoisotopic (exact) mass is 257 g/mol. The molecule has 0 atom stereocenters. The molecule has 2 nitrogen and oxygen atoms in total. The van der Waals surface area contributed by atoms with Gasteiger partial charge in [-0.1, -0.05) is 23.2 Å². The maximum absolute atomic E-state index is 12.0. The zero-order valence-corrected chi connectivity index (χ0v) is 10.6. The molecule has 0 bridgehead atoms. The maximum Gasteiger partial charge on any atom is 0.255 e. The minimum atomic E-state index is -0.0337. The van der Waals surface area contributed by atoms with Crippen LogP contribution in [0.25, 0.3) is 0 Å². The van der Waals surface area contributed by atoms with Gasteiger partial charge in [-0.3, -0.25) is 4.79 Å². The molecule has 4 heteroatoms. The van der Waals surface area contributed by atoms with Crippen molar-refractivity contribution in [1.82, 2.24) is 4.90 Å². The van der Waals surface area contributed by atoms with Crippen LogP contribution in [-0.2, 0) is 0 Å². The molecule has 1 saturated carbocycles. The summed E-state index contributed by atoms with van der Waals surface area (Å²) in [5, 5.41) is 0.964. The molecule has 0 spiro atoms. The van der Waals surface area contributed by atoms with Crippen molar-refractivity contribution in [2.45, 2.75) is 12.8 Å². The third kappa shape index (κ3) is 2.69. The summed E-state index contributed by atoms with van der Waals surface area (Å²) in [5.74, 6) is 0.647. The Kier molecular flexibility index (Phi) is 3.41. The van der Waals surface area contributed by atoms with Crippen LogP contribution in [0.5, 0.6) is 0 Å². The van der Waals surface area contributed by atoms with Crippen molar-refractivity contribution < 1.29 is 4.79 Å². The first-order valence-corrected chi connectivity index (χ1v) is 6.04. The smallest absolute Gasteiger partial charge is 0.255 e. The standard InChI is InChI=1S/C12H13Cl2NO/c1-15(7-8-2-3-8)12(16)10-5-4-9(13)6-11(10)14/h4-6,8H,2-3,7H2,1H3. The van der Waals surface area contributed by atoms with Gasteiger partial charge in [-0.05, 0) is 37.0 Å². The largest absolute Gasteiger partial charge is 0.341 e. The first kappa shape index (κ1) is 11.7. The van der Waals surface area contributed by atoms with Crippen LogP contribution in [0.1, 0.15) is 23.2 Å². The van der Waals surface area contributed by atoms with E-state index < -0.39 is 0 Å². The Labute approximate surface area is 105 Å². The predicted molar refractivity (Wildman–Crippen MR) is 66.1 cm³/mol. The molecule has 0 unspecified atom stereocenters. The first-order chi connectivity index (χ1) is 7.58. The van der Waals surface area contributed by atoms with E-state index in [2.05, 4.69) is 0 Å². The van der Waals surface area contributed by atoms with E-state index in [-0.39, 0.29) is 5.91 Å². The van der Waals surface area contributed by atoms with Crippen LogP contribution in [0.4, 0.5) is 0 Å². The van der Waals surface area contributed by atoms with Gasteiger partial charge in [-0.25, -0.2) is 0 Å². The number of benzene rings is 1. The van der Waals surface area contributed by atoms with Crippen molar-refractivity contribution in [2.75, 3.05) is 13.6 Å². The Morgan fingerprint density at radius 3 is 2.69 bits per heavy atom. The highest BCUT2D eigenvalue weighted by Gasteiger charge is 2.25. The molecule has 0 N–H and O–H groups in total. The topological polar surface area (TPSA) is 20.3 Å². The molecule has 2 rings (SSSR count). The van der Waals surface area contributed by atoms with Gasteiger partial charge in [-0.15, -0.1) is 0 Å². The van der Waals surface area contributed by atoms with Crippen molar-refractivity contribution >= 4 is 29.1 Å². The van der Waals surface area contributed by atoms with Crippen LogP contribution in [0, 0.1) is 5.92 Å². The molecule has 1 amide bonds. The van der Waals surface area contributed by atoms with Gasteiger partial charge in [0.2, 0.25) is 0 Å². The molecule has 0 aliphatic heterocycles. The summed E-state index contributed by atoms with van der Waals surface area (Å²) in [6.07, 6.45) is 2.46. The molecule has 1 aliphatic rings. The summed E-state index contributed by atoms with van der Waals surface area (Å²) < 4.78 is 0. The van der Waals surface area contributed by atoms with Crippen LogP contribution in [0.3, 0.4) is 0 Å². The zero-order valence-electron chi connectivity index (χ0n) is 9.04. The summed E-state index contributed by atoms with van der Waals surface area (Å²) in [5.41, 5.74) is 0.522. The van der Waals surface area contributed by atoms with E-state index in [0.29, 0.717) is 21.5 Å². The van der Waals surface area contributed by atoms with Gasteiger partial charge in [0.15, 0.2) is 0 Å². The van der Waals surface area contributed by atoms with Crippen LogP contribution in [-0.4, -0.2) is 24.4 Å². The van der Waals surface area contributed by atoms with Gasteiger partial charge in [-0.2, -0.15) is 0 Å². The minimum Gasteiger partial charge on any atom is -0.341 e. The second-order valence-corrected chi connectivity index (χ2v) is 5.10. The second-order valence-electron chi connectivity index (χ2n) is 4.25. The Morgan fingerprint density at radius 1 is 1.44 bits per heavy atom. The molecule has 1 aromatic carbocycles. The van der Waals surface area contributed by atoms with Gasteiger partial charge in [0.05, 0.1) is 10.6 Å². The highest BCUT2D eigenvalue weighted by atomic mass is 35.5. The third-order valence-electron chi connectivity index (χ3n) is 2.74. The van der Waals surface area contributed by atoms with Gasteiger partial charge in [0, 0.05) is 18.6 Å². The number of carbonyl (C=O) groups excluding carboxylic acids is 1. The lowest BCUT2D eigenvalue weighted by Gasteiger charge is -2.17. The minimum absolute atomic E-state index is 0.0337. The van der Waals surface area contributed by atoms with E-state index in [1.807, 2.05) is 7.05 Å². The van der Waals surface area contributed by atoms with E-state index >= 15 is 0 Å². The molecule has 1 aromatic rings. The number of nitrogens with zero attached hydrogens (tertiary/aromatic N) is 1. The summed E-state index contributed by atoms with van der Waals surface area (Å²) in [6.45, 7) is 0.817. The summed E-state index contributed by atoms with van der Waals surface area (Å²) in [6, 6.07) is 4.96. The van der Waals surface area contributed by atoms with Crippen LogP contribution >= 0.6 is 23.2 Å². The Morgan fingerprint density at radius 2 is 2.12 bits per heavy atom. The van der Waals surface area contributed by atoms with E-state index in [0.717, 1.165) is 6.54 Å². The van der Waals surface area contributed by atoms with Gasteiger partial charge >= 0.3 is 0 Å². The quantitative estimate of drug-likeness (QED) is 0.812. The average molecular weight is 258 g/mol. The Balaban J connectivity index is 2.12. The lowest BCUT2D eigenvalue weighted by atomic mass is 10.2. The molecule has 16 heavy (non-hydrogen) atoms. The summed E-state index contributed by atoms with van der Waals surface area (Å²) in [7, 11) is 1.81. The molecule has 0 heterocycles. The highest BCUT2D eigenvalue weighted by Crippen LogP contribution is 2.30. The number of halogens is 2. The number of hydrogen-bond donors (Lipinski definition) is 0. The maximum atomic E-state index is 12.0. The van der Waals surface area contributed by atoms with Crippen LogP contribution in [0.2, 0.25) is 10.0 Å². The van der Waals surface area contributed by atoms with E-state index in [4.69, 9.17) is 23.2 Å². The van der Waals surface area contributed by atoms with E-state index in [1.54, 1.807) is 23.1 Å². The third-order valence-corrected chi connectivity index (χ3v) is 3.29. The molecule has 86 valence electrons. The fourth-order valence-corrected chi connectivity index (χ4v) is 2.13. The second kappa shape index (κ2) is 4.64. The lowest BCUT2D eigenvalue weighted by Crippen LogP contribution is -2.28. The van der Waals surface area contributed by atoms with Crippen molar-refractivity contribution in [1.29, 1.82) is 0 Å². The molecule has 0 radical (unpaired) electrons. The molecule has 1 aliphatic carbocycles. The zero-order chi connectivity index (χ0) is 11.7. The summed E-state index contributed by atoms with van der Waals surface area (Å²) >= 11 is 11.8. The average Bonchev–Trinajstić information content (AvgIpc) is 3.00. The fraction of sp³-hybridized carbons (Fsp3) is 0.417. The van der Waals surface area contributed by atoms with Gasteiger partial charge in [0.1, 0.15) is 0 Å². The Bertz CT molecular complexity index is 415. The van der Waals surface area contributed by atoms with Crippen molar-refractivity contribution in [3.63, 3.8) is 0 Å². The molecular formula is C12H13Cl2NO. The number of rotatable bonds is 3. The SMILES string of the molecule is CN(CC1CC1)C(=O)c1ccc(Cl)cc1Cl. The first-order valence-electron chi connectivity index (χ1n) is 5.28. The molecule has 1 fully saturated rings. The number of carbonyl (C=O) groups is 1. The van der Waals surface area contributed by atoms with Crippen molar-refractivity contribution in [3.8, 4) is 0 Å². The molecule has 0 aromatic heterocycles. The Hall–Kier alpha value is -0.730. The lowest BCUT2D eigenvalue weighted by molar-refractivity contribution is 0.0789. The number of hydrogen-bond acceptors (Lipinski definition) is 1. The fourth-order valence-electron chi connectivity index (χ4n) is 1.64. The van der Waals surface area contributed by atoms with Crippen molar-refractivity contribution in [2.24, 2.45) is 5.92 Å². The van der Waals surface area contributed by atoms with Gasteiger partial charge in [0.25, 0.3) is 5.91 Å². The highest BCUT2D eigenvalue weighted by molar-refractivity contribution is 6.36. The van der Waals surface area contributed by atoms with Crippen LogP contribution < -0.4 is 0 Å². The molecule has 0 saturated heterocycles. The summed E-state index contributed by atoms with van der Waals surface area (Å²) in [4.78, 5) is 13.8. The van der Waals surface area contributed by atoms with E-state index in [9.17, 15) is 4.79 Å². The van der Waals surface area contributed by atoms with Crippen LogP contribution in [0.15, 0.2) is 18.2 Å². The normalized spacial score (nSPS) is 14.9. The van der Waals surface area contributed by atoms with Crippen molar-refractivity contribution in [3.05, 3.63) is 33.8 Å².